The lowest BCUT2D eigenvalue weighted by molar-refractivity contribution is -0.137. The van der Waals surface area contributed by atoms with E-state index in [0.29, 0.717) is 5.13 Å². The number of aromatic nitrogens is 3. The topological polar surface area (TPSA) is 96.9 Å². The van der Waals surface area contributed by atoms with E-state index in [9.17, 15) is 9.59 Å². The SMILES string of the molecule is Cc1nc(C)c(-c2csc(NC(=O)C(=O)NC(C)(C)c3nccs3)n2)s1. The number of thiazole rings is 3. The molecule has 2 amide bonds. The third-order valence-corrected chi connectivity index (χ3v) is 6.41. The van der Waals surface area contributed by atoms with Crippen LogP contribution in [-0.4, -0.2) is 26.8 Å². The first-order chi connectivity index (χ1) is 12.3. The average molecular weight is 408 g/mol. The van der Waals surface area contributed by atoms with Crippen molar-refractivity contribution >= 4 is 51.0 Å². The molecule has 0 saturated heterocycles. The van der Waals surface area contributed by atoms with Crippen molar-refractivity contribution in [3.63, 3.8) is 0 Å². The Morgan fingerprint density at radius 1 is 1.12 bits per heavy atom. The highest BCUT2D eigenvalue weighted by Crippen LogP contribution is 2.32. The van der Waals surface area contributed by atoms with Gasteiger partial charge in [-0.2, -0.15) is 0 Å². The summed E-state index contributed by atoms with van der Waals surface area (Å²) in [5.74, 6) is -1.49. The Bertz CT molecular complexity index is 943. The zero-order valence-corrected chi connectivity index (χ0v) is 17.1. The van der Waals surface area contributed by atoms with Gasteiger partial charge in [-0.25, -0.2) is 15.0 Å². The number of anilines is 1. The second kappa shape index (κ2) is 7.22. The third kappa shape index (κ3) is 3.97. The second-order valence-electron chi connectivity index (χ2n) is 6.06. The number of rotatable bonds is 4. The minimum atomic E-state index is -0.757. The molecule has 0 aromatic carbocycles. The summed E-state index contributed by atoms with van der Waals surface area (Å²) in [4.78, 5) is 38.3. The summed E-state index contributed by atoms with van der Waals surface area (Å²) >= 11 is 4.24. The molecule has 2 N–H and O–H groups in total. The highest BCUT2D eigenvalue weighted by Gasteiger charge is 2.28. The van der Waals surface area contributed by atoms with Gasteiger partial charge >= 0.3 is 11.8 Å². The molecule has 3 rings (SSSR count). The molecule has 3 aromatic heterocycles. The van der Waals surface area contributed by atoms with Crippen LogP contribution in [0.5, 0.6) is 0 Å². The van der Waals surface area contributed by atoms with Gasteiger partial charge in [-0.3, -0.25) is 14.9 Å². The Morgan fingerprint density at radius 3 is 2.50 bits per heavy atom. The Hall–Kier alpha value is -2.17. The lowest BCUT2D eigenvalue weighted by atomic mass is 10.1. The highest BCUT2D eigenvalue weighted by molar-refractivity contribution is 7.17. The van der Waals surface area contributed by atoms with Gasteiger partial charge in [0.25, 0.3) is 0 Å². The van der Waals surface area contributed by atoms with Gasteiger partial charge < -0.3 is 5.32 Å². The first kappa shape index (κ1) is 18.6. The smallest absolute Gasteiger partial charge is 0.315 e. The maximum atomic E-state index is 12.2. The fourth-order valence-corrected chi connectivity index (χ4v) is 4.65. The van der Waals surface area contributed by atoms with Crippen molar-refractivity contribution in [3.05, 3.63) is 32.7 Å². The number of amides is 2. The fourth-order valence-electron chi connectivity index (χ4n) is 2.28. The van der Waals surface area contributed by atoms with Gasteiger partial charge in [-0.15, -0.1) is 34.0 Å². The first-order valence-electron chi connectivity index (χ1n) is 7.69. The largest absolute Gasteiger partial charge is 0.336 e. The summed E-state index contributed by atoms with van der Waals surface area (Å²) in [6.07, 6.45) is 1.66. The van der Waals surface area contributed by atoms with Gasteiger partial charge in [0.05, 0.1) is 26.8 Å². The second-order valence-corrected chi connectivity index (χ2v) is 9.01. The average Bonchev–Trinajstić information content (AvgIpc) is 3.28. The minimum absolute atomic E-state index is 0.373. The molecule has 136 valence electrons. The zero-order valence-electron chi connectivity index (χ0n) is 14.6. The van der Waals surface area contributed by atoms with Crippen molar-refractivity contribution in [2.45, 2.75) is 33.2 Å². The van der Waals surface area contributed by atoms with Gasteiger partial charge in [0.1, 0.15) is 5.01 Å². The van der Waals surface area contributed by atoms with E-state index in [1.54, 1.807) is 31.4 Å². The number of carbonyl (C=O) groups is 2. The molecule has 0 atom stereocenters. The van der Waals surface area contributed by atoms with E-state index in [-0.39, 0.29) is 0 Å². The Kier molecular flexibility index (Phi) is 5.17. The van der Waals surface area contributed by atoms with Crippen molar-refractivity contribution in [2.24, 2.45) is 0 Å². The molecule has 10 heteroatoms. The molecular formula is C16H17N5O2S3. The van der Waals surface area contributed by atoms with E-state index in [1.807, 2.05) is 24.6 Å². The number of hydrogen-bond acceptors (Lipinski definition) is 8. The highest BCUT2D eigenvalue weighted by atomic mass is 32.1. The van der Waals surface area contributed by atoms with Crippen molar-refractivity contribution in [1.82, 2.24) is 20.3 Å². The van der Waals surface area contributed by atoms with E-state index in [1.165, 1.54) is 22.7 Å². The summed E-state index contributed by atoms with van der Waals surface area (Å²) in [5.41, 5.74) is 0.920. The molecule has 0 saturated carbocycles. The number of aryl methyl sites for hydroxylation is 2. The monoisotopic (exact) mass is 407 g/mol. The molecule has 3 aromatic rings. The van der Waals surface area contributed by atoms with Gasteiger partial charge in [0.2, 0.25) is 0 Å². The van der Waals surface area contributed by atoms with Crippen LogP contribution in [0.25, 0.3) is 10.6 Å². The number of carbonyl (C=O) groups excluding carboxylic acids is 2. The Labute approximate surface area is 162 Å². The van der Waals surface area contributed by atoms with Crippen LogP contribution in [0.2, 0.25) is 0 Å². The Balaban J connectivity index is 1.67. The lowest BCUT2D eigenvalue weighted by Gasteiger charge is -2.23. The number of nitrogens with one attached hydrogen (secondary N) is 2. The summed E-state index contributed by atoms with van der Waals surface area (Å²) in [7, 11) is 0. The minimum Gasteiger partial charge on any atom is -0.336 e. The maximum Gasteiger partial charge on any atom is 0.315 e. The molecule has 3 heterocycles. The molecule has 0 bridgehead atoms. The lowest BCUT2D eigenvalue weighted by Crippen LogP contribution is -2.46. The van der Waals surface area contributed by atoms with E-state index in [0.717, 1.165) is 26.3 Å². The van der Waals surface area contributed by atoms with Crippen LogP contribution < -0.4 is 10.6 Å². The number of nitrogens with zero attached hydrogens (tertiary/aromatic N) is 3. The van der Waals surface area contributed by atoms with Crippen LogP contribution in [0.1, 0.15) is 29.6 Å². The molecule has 0 aliphatic heterocycles. The van der Waals surface area contributed by atoms with Crippen molar-refractivity contribution in [2.75, 3.05) is 5.32 Å². The molecule has 0 unspecified atom stereocenters. The molecule has 7 nitrogen and oxygen atoms in total. The van der Waals surface area contributed by atoms with Crippen molar-refractivity contribution in [3.8, 4) is 10.6 Å². The number of hydrogen-bond donors (Lipinski definition) is 2. The van der Waals surface area contributed by atoms with Crippen LogP contribution in [0.3, 0.4) is 0 Å². The van der Waals surface area contributed by atoms with Crippen LogP contribution in [0, 0.1) is 13.8 Å². The van der Waals surface area contributed by atoms with Crippen LogP contribution in [0.15, 0.2) is 17.0 Å². The predicted molar refractivity (Wildman–Crippen MR) is 105 cm³/mol. The van der Waals surface area contributed by atoms with Crippen LogP contribution in [-0.2, 0) is 15.1 Å². The van der Waals surface area contributed by atoms with Gasteiger partial charge in [0, 0.05) is 17.0 Å². The normalized spacial score (nSPS) is 11.4. The summed E-state index contributed by atoms with van der Waals surface area (Å²) in [5, 5.41) is 11.0. The first-order valence-corrected chi connectivity index (χ1v) is 10.3. The van der Waals surface area contributed by atoms with Crippen LogP contribution >= 0.6 is 34.0 Å². The standard InChI is InChI=1S/C16H17N5O2S3/c1-8-11(26-9(2)18-8)10-7-25-15(19-10)20-12(22)13(23)21-16(3,4)14-17-5-6-24-14/h5-7H,1-4H3,(H,21,23)(H,19,20,22). The van der Waals surface area contributed by atoms with E-state index >= 15 is 0 Å². The Morgan fingerprint density at radius 2 is 1.88 bits per heavy atom. The predicted octanol–water partition coefficient (Wildman–Crippen LogP) is 3.33. The quantitative estimate of drug-likeness (QED) is 0.647. The third-order valence-electron chi connectivity index (χ3n) is 3.46. The maximum absolute atomic E-state index is 12.2. The molecule has 0 radical (unpaired) electrons. The van der Waals surface area contributed by atoms with Gasteiger partial charge in [-0.05, 0) is 27.7 Å². The van der Waals surface area contributed by atoms with Gasteiger partial charge in [0.15, 0.2) is 5.13 Å². The molecule has 26 heavy (non-hydrogen) atoms. The van der Waals surface area contributed by atoms with Crippen molar-refractivity contribution in [1.29, 1.82) is 0 Å². The molecule has 0 fully saturated rings. The zero-order chi connectivity index (χ0) is 18.9. The molecule has 0 aliphatic carbocycles. The van der Waals surface area contributed by atoms with Gasteiger partial charge in [-0.1, -0.05) is 0 Å². The fraction of sp³-hybridized carbons (Fsp3) is 0.312. The molecule has 0 spiro atoms. The summed E-state index contributed by atoms with van der Waals surface area (Å²) < 4.78 is 0. The molecular weight excluding hydrogens is 390 g/mol. The molecule has 0 aliphatic rings. The van der Waals surface area contributed by atoms with E-state index in [2.05, 4.69) is 25.6 Å². The summed E-state index contributed by atoms with van der Waals surface area (Å²) in [6.45, 7) is 7.45. The van der Waals surface area contributed by atoms with Crippen molar-refractivity contribution < 1.29 is 9.59 Å². The van der Waals surface area contributed by atoms with E-state index in [4.69, 9.17) is 0 Å². The summed E-state index contributed by atoms with van der Waals surface area (Å²) in [6, 6.07) is 0. The van der Waals surface area contributed by atoms with Crippen LogP contribution in [0.4, 0.5) is 5.13 Å². The van der Waals surface area contributed by atoms with E-state index < -0.39 is 17.4 Å².